The predicted octanol–water partition coefficient (Wildman–Crippen LogP) is 2.02. The van der Waals surface area contributed by atoms with Gasteiger partial charge in [0, 0.05) is 24.9 Å². The normalized spacial score (nSPS) is 10.3. The van der Waals surface area contributed by atoms with Crippen molar-refractivity contribution in [1.82, 2.24) is 10.6 Å². The first kappa shape index (κ1) is 12.5. The molecule has 0 atom stereocenters. The highest BCUT2D eigenvalue weighted by atomic mass is 35.5. The average Bonchev–Trinajstić information content (AvgIpc) is 2.63. The number of thiophene rings is 1. The van der Waals surface area contributed by atoms with Crippen molar-refractivity contribution in [2.24, 2.45) is 0 Å². The van der Waals surface area contributed by atoms with Crippen LogP contribution in [0.2, 0.25) is 4.34 Å². The van der Waals surface area contributed by atoms with Crippen molar-refractivity contribution in [2.75, 3.05) is 13.6 Å². The van der Waals surface area contributed by atoms with Gasteiger partial charge in [-0.3, -0.25) is 4.79 Å². The van der Waals surface area contributed by atoms with Crippen LogP contribution in [0.4, 0.5) is 0 Å². The van der Waals surface area contributed by atoms with Gasteiger partial charge in [-0.05, 0) is 25.1 Å². The Balaban J connectivity index is 2.05. The van der Waals surface area contributed by atoms with E-state index in [1.165, 1.54) is 4.88 Å². The van der Waals surface area contributed by atoms with Gasteiger partial charge in [0.1, 0.15) is 0 Å². The average molecular weight is 247 g/mol. The number of nitrogens with one attached hydrogen (secondary N) is 2. The zero-order valence-electron chi connectivity index (χ0n) is 8.68. The summed E-state index contributed by atoms with van der Waals surface area (Å²) in [6.45, 7) is 1.67. The number of carbonyl (C=O) groups is 1. The molecule has 0 saturated heterocycles. The molecular formula is C10H15ClN2OS. The molecule has 0 radical (unpaired) electrons. The van der Waals surface area contributed by atoms with Gasteiger partial charge in [0.15, 0.2) is 0 Å². The van der Waals surface area contributed by atoms with Crippen LogP contribution in [0.25, 0.3) is 0 Å². The molecule has 1 heterocycles. The molecule has 15 heavy (non-hydrogen) atoms. The third-order valence-electron chi connectivity index (χ3n) is 1.96. The van der Waals surface area contributed by atoms with Crippen molar-refractivity contribution < 1.29 is 4.79 Å². The van der Waals surface area contributed by atoms with Gasteiger partial charge in [0.05, 0.1) is 4.34 Å². The molecule has 1 rings (SSSR count). The van der Waals surface area contributed by atoms with Crippen molar-refractivity contribution in [3.63, 3.8) is 0 Å². The van der Waals surface area contributed by atoms with Crippen LogP contribution < -0.4 is 10.6 Å². The third-order valence-corrected chi connectivity index (χ3v) is 3.20. The third kappa shape index (κ3) is 5.16. The summed E-state index contributed by atoms with van der Waals surface area (Å²) in [6.07, 6.45) is 1.44. The molecule has 0 aromatic carbocycles. The molecule has 0 unspecified atom stereocenters. The van der Waals surface area contributed by atoms with E-state index in [0.29, 0.717) is 6.42 Å². The Morgan fingerprint density at radius 1 is 1.53 bits per heavy atom. The second-order valence-corrected chi connectivity index (χ2v) is 4.96. The second-order valence-electron chi connectivity index (χ2n) is 3.16. The van der Waals surface area contributed by atoms with Crippen LogP contribution in [0.15, 0.2) is 12.1 Å². The molecule has 0 bridgehead atoms. The molecule has 0 aliphatic carbocycles. The van der Waals surface area contributed by atoms with Gasteiger partial charge < -0.3 is 10.6 Å². The topological polar surface area (TPSA) is 41.1 Å². The van der Waals surface area contributed by atoms with E-state index in [0.717, 1.165) is 23.8 Å². The Labute approximate surface area is 98.8 Å². The van der Waals surface area contributed by atoms with Gasteiger partial charge in [-0.2, -0.15) is 0 Å². The maximum Gasteiger partial charge on any atom is 0.219 e. The van der Waals surface area contributed by atoms with E-state index < -0.39 is 0 Å². The molecular weight excluding hydrogens is 232 g/mol. The molecule has 1 amide bonds. The zero-order chi connectivity index (χ0) is 11.1. The summed E-state index contributed by atoms with van der Waals surface area (Å²) in [7, 11) is 1.66. The fraction of sp³-hybridized carbons (Fsp3) is 0.500. The van der Waals surface area contributed by atoms with Gasteiger partial charge in [-0.25, -0.2) is 0 Å². The van der Waals surface area contributed by atoms with Gasteiger partial charge in [-0.1, -0.05) is 11.6 Å². The zero-order valence-corrected chi connectivity index (χ0v) is 10.3. The molecule has 0 fully saturated rings. The van der Waals surface area contributed by atoms with Crippen LogP contribution >= 0.6 is 22.9 Å². The standard InChI is InChI=1S/C10H15ClN2OS/c1-12-10(14)3-2-6-13-7-8-4-5-9(11)15-8/h4-5,13H,2-3,6-7H2,1H3,(H,12,14). The summed E-state index contributed by atoms with van der Waals surface area (Å²) in [5.41, 5.74) is 0. The highest BCUT2D eigenvalue weighted by Gasteiger charge is 1.99. The molecule has 1 aromatic rings. The van der Waals surface area contributed by atoms with Crippen LogP contribution in [-0.2, 0) is 11.3 Å². The van der Waals surface area contributed by atoms with E-state index in [4.69, 9.17) is 11.6 Å². The molecule has 0 aliphatic heterocycles. The van der Waals surface area contributed by atoms with E-state index in [2.05, 4.69) is 10.6 Å². The fourth-order valence-electron chi connectivity index (χ4n) is 1.16. The van der Waals surface area contributed by atoms with E-state index in [-0.39, 0.29) is 5.91 Å². The lowest BCUT2D eigenvalue weighted by atomic mass is 10.3. The maximum absolute atomic E-state index is 10.9. The van der Waals surface area contributed by atoms with E-state index in [9.17, 15) is 4.79 Å². The molecule has 84 valence electrons. The summed E-state index contributed by atoms with van der Waals surface area (Å²) >= 11 is 7.38. The number of hydrogen-bond donors (Lipinski definition) is 2. The minimum absolute atomic E-state index is 0.0935. The first-order valence-corrected chi connectivity index (χ1v) is 6.07. The molecule has 3 nitrogen and oxygen atoms in total. The maximum atomic E-state index is 10.9. The number of hydrogen-bond acceptors (Lipinski definition) is 3. The Bertz CT molecular complexity index is 314. The van der Waals surface area contributed by atoms with E-state index in [1.807, 2.05) is 12.1 Å². The van der Waals surface area contributed by atoms with Gasteiger partial charge in [0.2, 0.25) is 5.91 Å². The summed E-state index contributed by atoms with van der Waals surface area (Å²) in [5.74, 6) is 0.0935. The summed E-state index contributed by atoms with van der Waals surface area (Å²) < 4.78 is 0.817. The smallest absolute Gasteiger partial charge is 0.219 e. The second kappa shape index (κ2) is 6.82. The minimum atomic E-state index is 0.0935. The molecule has 1 aromatic heterocycles. The number of amides is 1. The summed E-state index contributed by atoms with van der Waals surface area (Å²) in [6, 6.07) is 3.91. The SMILES string of the molecule is CNC(=O)CCCNCc1ccc(Cl)s1. The van der Waals surface area contributed by atoms with Crippen molar-refractivity contribution in [3.05, 3.63) is 21.3 Å². The van der Waals surface area contributed by atoms with Crippen LogP contribution in [0.5, 0.6) is 0 Å². The predicted molar refractivity (Wildman–Crippen MR) is 64.3 cm³/mol. The van der Waals surface area contributed by atoms with Crippen LogP contribution in [0, 0.1) is 0 Å². The lowest BCUT2D eigenvalue weighted by Crippen LogP contribution is -2.20. The highest BCUT2D eigenvalue weighted by molar-refractivity contribution is 7.16. The molecule has 0 spiro atoms. The Morgan fingerprint density at radius 2 is 2.33 bits per heavy atom. The summed E-state index contributed by atoms with van der Waals surface area (Å²) in [5, 5.41) is 5.86. The van der Waals surface area contributed by atoms with Gasteiger partial charge in [0.25, 0.3) is 0 Å². The van der Waals surface area contributed by atoms with Gasteiger partial charge >= 0.3 is 0 Å². The van der Waals surface area contributed by atoms with Crippen LogP contribution in [0.1, 0.15) is 17.7 Å². The minimum Gasteiger partial charge on any atom is -0.359 e. The Kier molecular flexibility index (Phi) is 5.68. The molecule has 0 aliphatic rings. The van der Waals surface area contributed by atoms with Crippen LogP contribution in [0.3, 0.4) is 0 Å². The number of rotatable bonds is 6. The fourth-order valence-corrected chi connectivity index (χ4v) is 2.21. The number of halogens is 1. The molecule has 2 N–H and O–H groups in total. The Morgan fingerprint density at radius 3 is 2.93 bits per heavy atom. The highest BCUT2D eigenvalue weighted by Crippen LogP contribution is 2.20. The first-order chi connectivity index (χ1) is 7.22. The lowest BCUT2D eigenvalue weighted by molar-refractivity contribution is -0.120. The lowest BCUT2D eigenvalue weighted by Gasteiger charge is -2.02. The van der Waals surface area contributed by atoms with Gasteiger partial charge in [-0.15, -0.1) is 11.3 Å². The largest absolute Gasteiger partial charge is 0.359 e. The van der Waals surface area contributed by atoms with Crippen molar-refractivity contribution in [2.45, 2.75) is 19.4 Å². The quantitative estimate of drug-likeness (QED) is 0.754. The molecule has 5 heteroatoms. The first-order valence-electron chi connectivity index (χ1n) is 4.88. The van der Waals surface area contributed by atoms with Crippen molar-refractivity contribution >= 4 is 28.8 Å². The van der Waals surface area contributed by atoms with E-state index in [1.54, 1.807) is 18.4 Å². The van der Waals surface area contributed by atoms with E-state index >= 15 is 0 Å². The van der Waals surface area contributed by atoms with Crippen molar-refractivity contribution in [3.8, 4) is 0 Å². The summed E-state index contributed by atoms with van der Waals surface area (Å²) in [4.78, 5) is 12.1. The Hall–Kier alpha value is -0.580. The van der Waals surface area contributed by atoms with Crippen LogP contribution in [-0.4, -0.2) is 19.5 Å². The number of carbonyl (C=O) groups excluding carboxylic acids is 1. The molecule has 0 saturated carbocycles. The van der Waals surface area contributed by atoms with Crippen molar-refractivity contribution in [1.29, 1.82) is 0 Å². The monoisotopic (exact) mass is 246 g/mol.